The van der Waals surface area contributed by atoms with Gasteiger partial charge in [0.25, 0.3) is 11.5 Å². The van der Waals surface area contributed by atoms with Gasteiger partial charge in [-0.25, -0.2) is 15.0 Å². The van der Waals surface area contributed by atoms with Crippen molar-refractivity contribution < 1.29 is 14.3 Å². The van der Waals surface area contributed by atoms with Crippen LogP contribution < -0.4 is 26.7 Å². The fraction of sp³-hybridized carbons (Fsp3) is 0.379. The summed E-state index contributed by atoms with van der Waals surface area (Å²) in [6.45, 7) is 2.24. The Morgan fingerprint density at radius 1 is 1.10 bits per heavy atom. The van der Waals surface area contributed by atoms with Gasteiger partial charge in [0.05, 0.1) is 18.3 Å². The topological polar surface area (TPSA) is 154 Å². The van der Waals surface area contributed by atoms with Crippen molar-refractivity contribution in [1.82, 2.24) is 24.8 Å². The van der Waals surface area contributed by atoms with Crippen molar-refractivity contribution in [2.75, 3.05) is 11.1 Å². The summed E-state index contributed by atoms with van der Waals surface area (Å²) in [6.07, 6.45) is 10.6. The zero-order valence-corrected chi connectivity index (χ0v) is 23.4. The van der Waals surface area contributed by atoms with Gasteiger partial charge in [-0.1, -0.05) is 13.3 Å². The van der Waals surface area contributed by atoms with E-state index in [0.29, 0.717) is 30.5 Å². The Morgan fingerprint density at radius 2 is 1.93 bits per heavy atom. The molecule has 1 aliphatic carbocycles. The fourth-order valence-corrected chi connectivity index (χ4v) is 6.54. The number of rotatable bonds is 7. The van der Waals surface area contributed by atoms with E-state index in [2.05, 4.69) is 25.6 Å². The second-order valence-electron chi connectivity index (χ2n) is 10.7. The van der Waals surface area contributed by atoms with Gasteiger partial charge in [-0.2, -0.15) is 0 Å². The molecule has 0 radical (unpaired) electrons. The zero-order valence-electron chi connectivity index (χ0n) is 22.6. The molecule has 6 rings (SSSR count). The van der Waals surface area contributed by atoms with Gasteiger partial charge in [-0.3, -0.25) is 19.0 Å². The predicted molar refractivity (Wildman–Crippen MR) is 156 cm³/mol. The van der Waals surface area contributed by atoms with Crippen molar-refractivity contribution >= 4 is 44.7 Å². The number of carbonyl (C=O) groups excluding carboxylic acids is 2. The molecule has 2 amide bonds. The molecule has 1 aliphatic heterocycles. The first-order chi connectivity index (χ1) is 19.9. The van der Waals surface area contributed by atoms with Crippen LogP contribution in [-0.2, 0) is 11.3 Å². The Bertz CT molecular complexity index is 1660. The molecule has 5 heterocycles. The highest BCUT2D eigenvalue weighted by atomic mass is 32.1. The molecule has 212 valence electrons. The van der Waals surface area contributed by atoms with Crippen LogP contribution in [0.3, 0.4) is 0 Å². The minimum atomic E-state index is -0.735. The van der Waals surface area contributed by atoms with E-state index in [1.165, 1.54) is 34.7 Å². The molecule has 4 N–H and O–H groups in total. The number of carbonyl (C=O) groups is 2. The van der Waals surface area contributed by atoms with Crippen molar-refractivity contribution in [3.63, 3.8) is 0 Å². The summed E-state index contributed by atoms with van der Waals surface area (Å²) < 4.78 is 8.32. The first-order valence-corrected chi connectivity index (χ1v) is 14.6. The van der Waals surface area contributed by atoms with Crippen molar-refractivity contribution in [1.29, 1.82) is 0 Å². The number of fused-ring (bicyclic) bond motifs is 2. The average molecular weight is 574 g/mol. The number of nitrogens with two attached hydrogens (primary N) is 1. The minimum absolute atomic E-state index is 0.00257. The van der Waals surface area contributed by atoms with Crippen molar-refractivity contribution in [2.45, 2.75) is 70.1 Å². The molecule has 2 atom stereocenters. The third kappa shape index (κ3) is 5.64. The molecule has 2 aliphatic rings. The molecule has 4 aromatic rings. The van der Waals surface area contributed by atoms with Gasteiger partial charge in [0.15, 0.2) is 0 Å². The number of aromatic nitrogens is 4. The standard InChI is InChI=1S/C29H31N7O4S/c1-16-9-22(28(38)34-14-20-10-18-13-31-24(30)11-23(18)41-20)36-26(16)33-15-21(29(36)39)35-27(37)17-7-8-25(32-12-17)40-19-5-3-2-4-6-19/h7-8,10-13,15-16,19,22H,2-6,9,14H2,1H3,(H2,30,31)(H,34,38)(H,35,37)/t16-,22+/m1/s1. The molecule has 1 fully saturated rings. The predicted octanol–water partition coefficient (Wildman–Crippen LogP) is 4.16. The van der Waals surface area contributed by atoms with Gasteiger partial charge in [0, 0.05) is 39.3 Å². The Morgan fingerprint density at radius 3 is 2.71 bits per heavy atom. The van der Waals surface area contributed by atoms with E-state index in [0.717, 1.165) is 40.6 Å². The number of pyridine rings is 2. The summed E-state index contributed by atoms with van der Waals surface area (Å²) in [5.41, 5.74) is 5.59. The van der Waals surface area contributed by atoms with Crippen LogP contribution in [0.2, 0.25) is 0 Å². The van der Waals surface area contributed by atoms with Gasteiger partial charge in [0.1, 0.15) is 29.5 Å². The van der Waals surface area contributed by atoms with Crippen LogP contribution in [0.1, 0.15) is 78.5 Å². The summed E-state index contributed by atoms with van der Waals surface area (Å²) in [7, 11) is 0. The van der Waals surface area contributed by atoms with E-state index in [9.17, 15) is 14.4 Å². The third-order valence-electron chi connectivity index (χ3n) is 7.65. The molecule has 0 aromatic carbocycles. The number of amides is 2. The molecule has 0 unspecified atom stereocenters. The number of ether oxygens (including phenoxy) is 1. The first-order valence-electron chi connectivity index (χ1n) is 13.8. The molecular formula is C29H31N7O4S. The summed E-state index contributed by atoms with van der Waals surface area (Å²) in [6, 6.07) is 6.32. The van der Waals surface area contributed by atoms with Crippen LogP contribution in [0.15, 0.2) is 47.7 Å². The maximum Gasteiger partial charge on any atom is 0.278 e. The maximum atomic E-state index is 13.5. The molecule has 1 saturated carbocycles. The van der Waals surface area contributed by atoms with Crippen molar-refractivity contribution in [3.8, 4) is 5.88 Å². The highest BCUT2D eigenvalue weighted by Crippen LogP contribution is 2.34. The summed E-state index contributed by atoms with van der Waals surface area (Å²) in [5, 5.41) is 6.55. The lowest BCUT2D eigenvalue weighted by Gasteiger charge is -2.22. The van der Waals surface area contributed by atoms with Crippen molar-refractivity contribution in [2.24, 2.45) is 0 Å². The minimum Gasteiger partial charge on any atom is -0.474 e. The molecule has 11 nitrogen and oxygen atoms in total. The quantitative estimate of drug-likeness (QED) is 0.298. The molecular weight excluding hydrogens is 542 g/mol. The van der Waals surface area contributed by atoms with Gasteiger partial charge in [-0.05, 0) is 50.3 Å². The van der Waals surface area contributed by atoms with E-state index in [-0.39, 0.29) is 29.2 Å². The average Bonchev–Trinajstić information content (AvgIpc) is 3.54. The van der Waals surface area contributed by atoms with E-state index in [4.69, 9.17) is 10.5 Å². The van der Waals surface area contributed by atoms with Crippen LogP contribution in [-0.4, -0.2) is 37.4 Å². The second-order valence-corrected chi connectivity index (χ2v) is 11.8. The molecule has 12 heteroatoms. The number of anilines is 2. The highest BCUT2D eigenvalue weighted by molar-refractivity contribution is 7.19. The lowest BCUT2D eigenvalue weighted by Crippen LogP contribution is -2.36. The Balaban J connectivity index is 1.14. The number of hydrogen-bond donors (Lipinski definition) is 3. The summed E-state index contributed by atoms with van der Waals surface area (Å²) >= 11 is 1.53. The van der Waals surface area contributed by atoms with Crippen LogP contribution in [0.4, 0.5) is 11.5 Å². The zero-order chi connectivity index (χ0) is 28.5. The van der Waals surface area contributed by atoms with Gasteiger partial charge < -0.3 is 21.1 Å². The lowest BCUT2D eigenvalue weighted by atomic mass is 9.98. The third-order valence-corrected chi connectivity index (χ3v) is 8.75. The fourth-order valence-electron chi connectivity index (χ4n) is 5.52. The van der Waals surface area contributed by atoms with Gasteiger partial charge >= 0.3 is 0 Å². The van der Waals surface area contributed by atoms with E-state index in [1.54, 1.807) is 24.4 Å². The number of nitrogen functional groups attached to an aromatic ring is 1. The highest BCUT2D eigenvalue weighted by Gasteiger charge is 2.36. The van der Waals surface area contributed by atoms with Gasteiger partial charge in [0.2, 0.25) is 11.8 Å². The second kappa shape index (κ2) is 11.3. The largest absolute Gasteiger partial charge is 0.474 e. The number of nitrogens with zero attached hydrogens (tertiary/aromatic N) is 4. The molecule has 0 spiro atoms. The molecule has 41 heavy (non-hydrogen) atoms. The Kier molecular flexibility index (Phi) is 7.39. The molecule has 4 aromatic heterocycles. The smallest absolute Gasteiger partial charge is 0.278 e. The molecule has 0 bridgehead atoms. The van der Waals surface area contributed by atoms with Crippen molar-refractivity contribution in [3.05, 3.63) is 69.5 Å². The summed E-state index contributed by atoms with van der Waals surface area (Å²) in [4.78, 5) is 53.4. The first kappa shape index (κ1) is 26.9. The SMILES string of the molecule is C[C@@H]1C[C@@H](C(=O)NCc2cc3cnc(N)cc3s2)n2c1ncc(NC(=O)c1ccc(OC3CCCCC3)nc1)c2=O. The van der Waals surface area contributed by atoms with E-state index >= 15 is 0 Å². The maximum absolute atomic E-state index is 13.5. The number of nitrogens with one attached hydrogen (secondary N) is 2. The van der Waals surface area contributed by atoms with Crippen LogP contribution >= 0.6 is 11.3 Å². The Hall–Kier alpha value is -4.32. The summed E-state index contributed by atoms with van der Waals surface area (Å²) in [5.74, 6) is 0.569. The normalized spacial score (nSPS) is 18.7. The Labute approximate surface area is 240 Å². The number of hydrogen-bond acceptors (Lipinski definition) is 9. The molecule has 0 saturated heterocycles. The lowest BCUT2D eigenvalue weighted by molar-refractivity contribution is -0.124. The van der Waals surface area contributed by atoms with Crippen LogP contribution in [0, 0.1) is 0 Å². The monoisotopic (exact) mass is 573 g/mol. The van der Waals surface area contributed by atoms with Crippen LogP contribution in [0.25, 0.3) is 10.1 Å². The number of thiophene rings is 1. The van der Waals surface area contributed by atoms with E-state index in [1.807, 2.05) is 13.0 Å². The van der Waals surface area contributed by atoms with Gasteiger partial charge in [-0.15, -0.1) is 11.3 Å². The van der Waals surface area contributed by atoms with E-state index < -0.39 is 17.5 Å². The van der Waals surface area contributed by atoms with Crippen LogP contribution in [0.5, 0.6) is 5.88 Å².